The Balaban J connectivity index is 2.57. The van der Waals surface area contributed by atoms with Crippen LogP contribution in [0.25, 0.3) is 0 Å². The molecule has 0 amide bonds. The van der Waals surface area contributed by atoms with E-state index in [1.54, 1.807) is 0 Å². The van der Waals surface area contributed by atoms with Crippen LogP contribution in [-0.4, -0.2) is 52.5 Å². The lowest BCUT2D eigenvalue weighted by Gasteiger charge is -2.39. The largest absolute Gasteiger partial charge is 0.388 e. The summed E-state index contributed by atoms with van der Waals surface area (Å²) in [6, 6.07) is 0. The smallest absolute Gasteiger partial charge is 0.118 e. The highest BCUT2D eigenvalue weighted by Crippen LogP contribution is 2.24. The first-order valence-corrected chi connectivity index (χ1v) is 5.37. The molecule has 0 aliphatic carbocycles. The Morgan fingerprint density at radius 3 is 2.20 bits per heavy atom. The van der Waals surface area contributed by atoms with E-state index in [9.17, 15) is 19.7 Å². The average molecular weight is 222 g/mol. The topological polar surface area (TPSA) is 69.9 Å². The van der Waals surface area contributed by atoms with E-state index in [1.807, 2.05) is 6.92 Å². The zero-order valence-corrected chi connectivity index (χ0v) is 8.84. The van der Waals surface area contributed by atoms with Crippen molar-refractivity contribution >= 4 is 0 Å². The Bertz CT molecular complexity index is 188. The van der Waals surface area contributed by atoms with Crippen molar-refractivity contribution < 1.29 is 24.4 Å². The summed E-state index contributed by atoms with van der Waals surface area (Å²) < 4.78 is 17.6. The second-order valence-electron chi connectivity index (χ2n) is 3.98. The van der Waals surface area contributed by atoms with Gasteiger partial charge in [-0.15, -0.1) is 0 Å². The summed E-state index contributed by atoms with van der Waals surface area (Å²) in [6.45, 7) is 1.14. The van der Waals surface area contributed by atoms with E-state index in [0.717, 1.165) is 12.8 Å². The third kappa shape index (κ3) is 2.87. The predicted molar refractivity (Wildman–Crippen MR) is 52.2 cm³/mol. The summed E-state index contributed by atoms with van der Waals surface area (Å²) in [5.41, 5.74) is 0. The molecule has 1 aliphatic rings. The minimum atomic E-state index is -1.34. The molecule has 3 N–H and O–H groups in total. The molecule has 0 saturated carbocycles. The molecule has 0 aromatic rings. The second kappa shape index (κ2) is 5.75. The number of rotatable bonds is 4. The van der Waals surface area contributed by atoms with Crippen molar-refractivity contribution in [3.8, 4) is 0 Å². The van der Waals surface area contributed by atoms with Crippen molar-refractivity contribution in [2.75, 3.05) is 6.67 Å². The Morgan fingerprint density at radius 2 is 1.67 bits per heavy atom. The SMILES string of the molecule is CCCCC1OC(CF)C(O)C(O)C1O. The minimum absolute atomic E-state index is 0.567. The third-order valence-electron chi connectivity index (χ3n) is 2.81. The molecule has 0 radical (unpaired) electrons. The highest BCUT2D eigenvalue weighted by atomic mass is 19.1. The highest BCUT2D eigenvalue weighted by molar-refractivity contribution is 4.91. The molecule has 1 aliphatic heterocycles. The van der Waals surface area contributed by atoms with Crippen LogP contribution in [0.5, 0.6) is 0 Å². The van der Waals surface area contributed by atoms with Crippen LogP contribution in [-0.2, 0) is 4.74 Å². The fraction of sp³-hybridized carbons (Fsp3) is 1.00. The lowest BCUT2D eigenvalue weighted by atomic mass is 9.93. The minimum Gasteiger partial charge on any atom is -0.388 e. The second-order valence-corrected chi connectivity index (χ2v) is 3.98. The molecule has 0 bridgehead atoms. The van der Waals surface area contributed by atoms with Gasteiger partial charge in [-0.1, -0.05) is 19.8 Å². The number of hydrogen-bond acceptors (Lipinski definition) is 4. The monoisotopic (exact) mass is 222 g/mol. The molecule has 1 fully saturated rings. The Kier molecular flexibility index (Phi) is 4.92. The van der Waals surface area contributed by atoms with E-state index in [-0.39, 0.29) is 0 Å². The van der Waals surface area contributed by atoms with Crippen LogP contribution in [0.1, 0.15) is 26.2 Å². The van der Waals surface area contributed by atoms with Gasteiger partial charge in [0.2, 0.25) is 0 Å². The number of halogens is 1. The molecule has 5 heteroatoms. The summed E-state index contributed by atoms with van der Waals surface area (Å²) in [4.78, 5) is 0. The molecule has 4 nitrogen and oxygen atoms in total. The lowest BCUT2D eigenvalue weighted by Crippen LogP contribution is -2.58. The zero-order chi connectivity index (χ0) is 11.4. The number of aliphatic hydroxyl groups is 3. The van der Waals surface area contributed by atoms with Crippen molar-refractivity contribution in [1.29, 1.82) is 0 Å². The van der Waals surface area contributed by atoms with Crippen LogP contribution in [0.15, 0.2) is 0 Å². The van der Waals surface area contributed by atoms with Crippen LogP contribution in [0.3, 0.4) is 0 Å². The molecule has 1 saturated heterocycles. The molecule has 15 heavy (non-hydrogen) atoms. The van der Waals surface area contributed by atoms with Gasteiger partial charge in [0.1, 0.15) is 31.1 Å². The normalized spacial score (nSPS) is 41.8. The van der Waals surface area contributed by atoms with Gasteiger partial charge >= 0.3 is 0 Å². The Morgan fingerprint density at radius 1 is 1.07 bits per heavy atom. The first-order valence-electron chi connectivity index (χ1n) is 5.37. The first kappa shape index (κ1) is 12.8. The van der Waals surface area contributed by atoms with E-state index in [2.05, 4.69) is 0 Å². The molecule has 5 unspecified atom stereocenters. The van der Waals surface area contributed by atoms with Crippen LogP contribution in [0.4, 0.5) is 4.39 Å². The van der Waals surface area contributed by atoms with E-state index in [0.29, 0.717) is 6.42 Å². The molecule has 0 aromatic carbocycles. The van der Waals surface area contributed by atoms with Crippen molar-refractivity contribution in [2.45, 2.75) is 56.7 Å². The van der Waals surface area contributed by atoms with Crippen molar-refractivity contribution in [3.63, 3.8) is 0 Å². The molecule has 5 atom stereocenters. The molecule has 1 rings (SSSR count). The van der Waals surface area contributed by atoms with Gasteiger partial charge in [-0.3, -0.25) is 0 Å². The lowest BCUT2D eigenvalue weighted by molar-refractivity contribution is -0.226. The van der Waals surface area contributed by atoms with Crippen molar-refractivity contribution in [1.82, 2.24) is 0 Å². The van der Waals surface area contributed by atoms with E-state index < -0.39 is 37.2 Å². The van der Waals surface area contributed by atoms with Gasteiger partial charge < -0.3 is 20.1 Å². The predicted octanol–water partition coefficient (Wildman–Crippen LogP) is -0.00380. The fourth-order valence-corrected chi connectivity index (χ4v) is 1.80. The maximum Gasteiger partial charge on any atom is 0.118 e. The van der Waals surface area contributed by atoms with E-state index in [1.165, 1.54) is 0 Å². The molecular formula is C10H19FO4. The number of ether oxygens (including phenoxy) is 1. The van der Waals surface area contributed by atoms with Gasteiger partial charge in [0, 0.05) is 0 Å². The third-order valence-corrected chi connectivity index (χ3v) is 2.81. The van der Waals surface area contributed by atoms with E-state index >= 15 is 0 Å². The number of unbranched alkanes of at least 4 members (excludes halogenated alkanes) is 1. The quantitative estimate of drug-likeness (QED) is 0.626. The Labute approximate surface area is 88.7 Å². The maximum absolute atomic E-state index is 12.4. The maximum atomic E-state index is 12.4. The van der Waals surface area contributed by atoms with Gasteiger partial charge in [-0.25, -0.2) is 4.39 Å². The van der Waals surface area contributed by atoms with Crippen LogP contribution in [0, 0.1) is 0 Å². The number of alkyl halides is 1. The summed E-state index contributed by atoms with van der Waals surface area (Å²) in [7, 11) is 0. The summed E-state index contributed by atoms with van der Waals surface area (Å²) in [6.07, 6.45) is -3.06. The molecule has 90 valence electrons. The van der Waals surface area contributed by atoms with Gasteiger partial charge in [0.25, 0.3) is 0 Å². The fourth-order valence-electron chi connectivity index (χ4n) is 1.80. The van der Waals surface area contributed by atoms with Crippen molar-refractivity contribution in [3.05, 3.63) is 0 Å². The van der Waals surface area contributed by atoms with Gasteiger partial charge in [-0.2, -0.15) is 0 Å². The molecular weight excluding hydrogens is 203 g/mol. The first-order chi connectivity index (χ1) is 7.11. The molecule has 1 heterocycles. The van der Waals surface area contributed by atoms with Crippen LogP contribution in [0.2, 0.25) is 0 Å². The summed E-state index contributed by atoms with van der Waals surface area (Å²) >= 11 is 0. The Hall–Kier alpha value is -0.230. The average Bonchev–Trinajstić information content (AvgIpc) is 2.25. The number of hydrogen-bond donors (Lipinski definition) is 3. The van der Waals surface area contributed by atoms with E-state index in [4.69, 9.17) is 4.74 Å². The van der Waals surface area contributed by atoms with Gasteiger partial charge in [-0.05, 0) is 6.42 Å². The van der Waals surface area contributed by atoms with Gasteiger partial charge in [0.05, 0.1) is 6.10 Å². The van der Waals surface area contributed by atoms with Crippen LogP contribution < -0.4 is 0 Å². The van der Waals surface area contributed by atoms with Crippen molar-refractivity contribution in [2.24, 2.45) is 0 Å². The standard InChI is InChI=1S/C10H19FO4/c1-2-3-4-6-8(12)10(14)9(13)7(5-11)15-6/h6-10,12-14H,2-5H2,1H3. The molecule has 0 spiro atoms. The highest BCUT2D eigenvalue weighted by Gasteiger charge is 2.43. The van der Waals surface area contributed by atoms with Gasteiger partial charge in [0.15, 0.2) is 0 Å². The number of aliphatic hydroxyl groups excluding tert-OH is 3. The van der Waals surface area contributed by atoms with Crippen LogP contribution >= 0.6 is 0 Å². The summed E-state index contributed by atoms with van der Waals surface area (Å²) in [5, 5.41) is 28.4. The summed E-state index contributed by atoms with van der Waals surface area (Å²) in [5.74, 6) is 0. The molecule has 0 aromatic heterocycles. The zero-order valence-electron chi connectivity index (χ0n) is 8.84.